The molecule has 1 aromatic carbocycles. The molecule has 0 radical (unpaired) electrons. The number of anilines is 1. The Kier molecular flexibility index (Phi) is 4.26. The highest BCUT2D eigenvalue weighted by molar-refractivity contribution is 6.30. The molecule has 0 amide bonds. The van der Waals surface area contributed by atoms with Crippen LogP contribution < -0.4 is 10.6 Å². The molecule has 1 atom stereocenters. The number of benzene rings is 1. The minimum atomic E-state index is 0.281. The highest BCUT2D eigenvalue weighted by Crippen LogP contribution is 2.29. The highest BCUT2D eigenvalue weighted by atomic mass is 35.5. The Morgan fingerprint density at radius 3 is 3.00 bits per heavy atom. The van der Waals surface area contributed by atoms with E-state index in [4.69, 9.17) is 22.4 Å². The first-order valence-electron chi connectivity index (χ1n) is 6.09. The summed E-state index contributed by atoms with van der Waals surface area (Å²) in [5.74, 6) is 0.598. The van der Waals surface area contributed by atoms with E-state index in [-0.39, 0.29) is 6.61 Å². The average Bonchev–Trinajstić information content (AvgIpc) is 2.78. The van der Waals surface area contributed by atoms with Crippen LogP contribution in [-0.2, 0) is 6.54 Å². The van der Waals surface area contributed by atoms with Crippen LogP contribution in [0.4, 0.5) is 5.69 Å². The number of aliphatic hydroxyl groups is 1. The molecule has 1 aromatic rings. The van der Waals surface area contributed by atoms with Crippen molar-refractivity contribution >= 4 is 17.3 Å². The monoisotopic (exact) mass is 254 g/mol. The van der Waals surface area contributed by atoms with Crippen LogP contribution >= 0.6 is 11.6 Å². The van der Waals surface area contributed by atoms with Crippen LogP contribution in [-0.4, -0.2) is 24.8 Å². The van der Waals surface area contributed by atoms with Crippen LogP contribution in [0.5, 0.6) is 0 Å². The molecule has 1 aliphatic heterocycles. The summed E-state index contributed by atoms with van der Waals surface area (Å²) in [4.78, 5) is 2.35. The molecule has 1 saturated heterocycles. The lowest BCUT2D eigenvalue weighted by Gasteiger charge is -2.22. The summed E-state index contributed by atoms with van der Waals surface area (Å²) >= 11 is 5.97. The van der Waals surface area contributed by atoms with Crippen LogP contribution in [0.2, 0.25) is 5.02 Å². The smallest absolute Gasteiger partial charge is 0.0434 e. The van der Waals surface area contributed by atoms with Crippen molar-refractivity contribution < 1.29 is 5.11 Å². The van der Waals surface area contributed by atoms with Gasteiger partial charge in [0.25, 0.3) is 0 Å². The van der Waals surface area contributed by atoms with Crippen molar-refractivity contribution in [3.8, 4) is 0 Å². The first-order valence-corrected chi connectivity index (χ1v) is 6.46. The standard InChI is InChI=1S/C13H19ClN2O/c14-12-1-2-13(11(7-12)8-15)16-5-3-10(9-16)4-6-17/h1-2,7,10,17H,3-6,8-9,15H2. The van der Waals surface area contributed by atoms with Gasteiger partial charge in [-0.3, -0.25) is 0 Å². The fourth-order valence-electron chi connectivity index (χ4n) is 2.50. The molecule has 0 saturated carbocycles. The molecule has 4 heteroatoms. The van der Waals surface area contributed by atoms with Crippen LogP contribution in [0.1, 0.15) is 18.4 Å². The minimum Gasteiger partial charge on any atom is -0.396 e. The van der Waals surface area contributed by atoms with Crippen molar-refractivity contribution in [3.05, 3.63) is 28.8 Å². The first kappa shape index (κ1) is 12.7. The quantitative estimate of drug-likeness (QED) is 0.864. The molecule has 0 aliphatic carbocycles. The van der Waals surface area contributed by atoms with Gasteiger partial charge in [-0.05, 0) is 42.5 Å². The van der Waals surface area contributed by atoms with Gasteiger partial charge in [-0.15, -0.1) is 0 Å². The molecule has 3 nitrogen and oxygen atoms in total. The van der Waals surface area contributed by atoms with Crippen molar-refractivity contribution in [3.63, 3.8) is 0 Å². The first-order chi connectivity index (χ1) is 8.24. The largest absolute Gasteiger partial charge is 0.396 e. The van der Waals surface area contributed by atoms with Crippen LogP contribution in [0.15, 0.2) is 18.2 Å². The molecule has 1 heterocycles. The summed E-state index contributed by atoms with van der Waals surface area (Å²) in [5, 5.41) is 9.70. The zero-order chi connectivity index (χ0) is 12.3. The van der Waals surface area contributed by atoms with E-state index >= 15 is 0 Å². The zero-order valence-electron chi connectivity index (χ0n) is 9.90. The summed E-state index contributed by atoms with van der Waals surface area (Å²) in [7, 11) is 0. The van der Waals surface area contributed by atoms with Gasteiger partial charge in [-0.2, -0.15) is 0 Å². The summed E-state index contributed by atoms with van der Waals surface area (Å²) in [5.41, 5.74) is 8.05. The second-order valence-electron chi connectivity index (χ2n) is 4.59. The van der Waals surface area contributed by atoms with Gasteiger partial charge < -0.3 is 15.7 Å². The third kappa shape index (κ3) is 2.92. The summed E-state index contributed by atoms with van der Waals surface area (Å²) in [6, 6.07) is 5.90. The molecule has 2 rings (SSSR count). The Bertz CT molecular complexity index is 384. The number of nitrogens with zero attached hydrogens (tertiary/aromatic N) is 1. The summed E-state index contributed by atoms with van der Waals surface area (Å²) in [6.45, 7) is 2.84. The normalized spacial score (nSPS) is 19.9. The molecular weight excluding hydrogens is 236 g/mol. The maximum atomic E-state index is 8.96. The number of hydrogen-bond donors (Lipinski definition) is 2. The van der Waals surface area contributed by atoms with E-state index in [1.54, 1.807) is 0 Å². The number of halogens is 1. The van der Waals surface area contributed by atoms with Crippen molar-refractivity contribution in [2.45, 2.75) is 19.4 Å². The molecule has 17 heavy (non-hydrogen) atoms. The van der Waals surface area contributed by atoms with Gasteiger partial charge in [-0.1, -0.05) is 11.6 Å². The van der Waals surface area contributed by atoms with Crippen molar-refractivity contribution in [2.75, 3.05) is 24.6 Å². The van der Waals surface area contributed by atoms with Gasteiger partial charge in [-0.25, -0.2) is 0 Å². The molecule has 94 valence electrons. The van der Waals surface area contributed by atoms with Gasteiger partial charge in [0.05, 0.1) is 0 Å². The van der Waals surface area contributed by atoms with Crippen LogP contribution in [0, 0.1) is 5.92 Å². The predicted molar refractivity (Wildman–Crippen MR) is 71.4 cm³/mol. The van der Waals surface area contributed by atoms with Crippen LogP contribution in [0.3, 0.4) is 0 Å². The Hall–Kier alpha value is -0.770. The van der Waals surface area contributed by atoms with E-state index in [1.165, 1.54) is 5.69 Å². The van der Waals surface area contributed by atoms with Gasteiger partial charge in [0.1, 0.15) is 0 Å². The highest BCUT2D eigenvalue weighted by Gasteiger charge is 2.23. The number of nitrogens with two attached hydrogens (primary N) is 1. The topological polar surface area (TPSA) is 49.5 Å². The number of hydrogen-bond acceptors (Lipinski definition) is 3. The fourth-order valence-corrected chi connectivity index (χ4v) is 2.69. The van der Waals surface area contributed by atoms with Crippen molar-refractivity contribution in [2.24, 2.45) is 11.7 Å². The van der Waals surface area contributed by atoms with Crippen LogP contribution in [0.25, 0.3) is 0 Å². The maximum Gasteiger partial charge on any atom is 0.0434 e. The molecule has 1 unspecified atom stereocenters. The minimum absolute atomic E-state index is 0.281. The number of aliphatic hydroxyl groups excluding tert-OH is 1. The molecule has 1 aliphatic rings. The SMILES string of the molecule is NCc1cc(Cl)ccc1N1CCC(CCO)C1. The second-order valence-corrected chi connectivity index (χ2v) is 5.03. The van der Waals surface area contributed by atoms with E-state index < -0.39 is 0 Å². The molecule has 0 bridgehead atoms. The molecule has 1 fully saturated rings. The van der Waals surface area contributed by atoms with Gasteiger partial charge >= 0.3 is 0 Å². The van der Waals surface area contributed by atoms with Crippen molar-refractivity contribution in [1.82, 2.24) is 0 Å². The lowest BCUT2D eigenvalue weighted by Crippen LogP contribution is -2.22. The Labute approximate surface area is 107 Å². The number of rotatable bonds is 4. The van der Waals surface area contributed by atoms with E-state index in [1.807, 2.05) is 18.2 Å². The summed E-state index contributed by atoms with van der Waals surface area (Å²) < 4.78 is 0. The molecule has 0 aromatic heterocycles. The maximum absolute atomic E-state index is 8.96. The summed E-state index contributed by atoms with van der Waals surface area (Å²) in [6.07, 6.45) is 2.04. The molecule has 3 N–H and O–H groups in total. The van der Waals surface area contributed by atoms with Gasteiger partial charge in [0.2, 0.25) is 0 Å². The lowest BCUT2D eigenvalue weighted by molar-refractivity contribution is 0.263. The molecular formula is C13H19ClN2O. The van der Waals surface area contributed by atoms with Gasteiger partial charge in [0, 0.05) is 37.0 Å². The average molecular weight is 255 g/mol. The molecule has 0 spiro atoms. The third-order valence-electron chi connectivity index (χ3n) is 3.43. The Morgan fingerprint density at radius 1 is 1.47 bits per heavy atom. The third-order valence-corrected chi connectivity index (χ3v) is 3.66. The van der Waals surface area contributed by atoms with Gasteiger partial charge in [0.15, 0.2) is 0 Å². The fraction of sp³-hybridized carbons (Fsp3) is 0.538. The predicted octanol–water partition coefficient (Wildman–Crippen LogP) is 2.01. The Balaban J connectivity index is 2.12. The zero-order valence-corrected chi connectivity index (χ0v) is 10.7. The van der Waals surface area contributed by atoms with E-state index in [0.717, 1.165) is 36.5 Å². The lowest BCUT2D eigenvalue weighted by atomic mass is 10.1. The second kappa shape index (κ2) is 5.71. The van der Waals surface area contributed by atoms with Crippen molar-refractivity contribution in [1.29, 1.82) is 0 Å². The van der Waals surface area contributed by atoms with E-state index in [2.05, 4.69) is 4.90 Å². The van der Waals surface area contributed by atoms with E-state index in [9.17, 15) is 0 Å². The Morgan fingerprint density at radius 2 is 2.29 bits per heavy atom. The van der Waals surface area contributed by atoms with E-state index in [0.29, 0.717) is 12.5 Å².